The number of likely N-dealkylation sites (tertiary alicyclic amines) is 1. The Kier molecular flexibility index (Phi) is 9.54. The molecule has 3 N–H and O–H groups in total. The molecule has 2 aliphatic rings. The number of methoxy groups -OCH3 is 1. The Hall–Kier alpha value is -4.65. The van der Waals surface area contributed by atoms with E-state index in [2.05, 4.69) is 15.5 Å². The molecule has 2 heterocycles. The summed E-state index contributed by atoms with van der Waals surface area (Å²) in [6.07, 6.45) is -3.99. The smallest absolute Gasteiger partial charge is 0.490 e. The third-order valence-corrected chi connectivity index (χ3v) is 7.55. The van der Waals surface area contributed by atoms with Gasteiger partial charge in [0.2, 0.25) is 5.91 Å². The number of nitrogens with zero attached hydrogens (tertiary/aromatic N) is 2. The van der Waals surface area contributed by atoms with E-state index in [4.69, 9.17) is 14.6 Å². The second kappa shape index (κ2) is 13.1. The summed E-state index contributed by atoms with van der Waals surface area (Å²) in [6.45, 7) is 2.73. The Balaban J connectivity index is 0.000000541. The largest absolute Gasteiger partial charge is 0.497 e. The van der Waals surface area contributed by atoms with Gasteiger partial charge >= 0.3 is 12.1 Å². The first-order valence-electron chi connectivity index (χ1n) is 13.5. The Labute approximate surface area is 245 Å². The lowest BCUT2D eigenvalue weighted by molar-refractivity contribution is -0.192. The Morgan fingerprint density at radius 2 is 1.65 bits per heavy atom. The van der Waals surface area contributed by atoms with Gasteiger partial charge in [-0.3, -0.25) is 14.4 Å². The van der Waals surface area contributed by atoms with Crippen molar-refractivity contribution >= 4 is 34.5 Å². The van der Waals surface area contributed by atoms with Crippen LogP contribution < -0.4 is 15.4 Å². The summed E-state index contributed by atoms with van der Waals surface area (Å²) in [6, 6.07) is 20.7. The zero-order chi connectivity index (χ0) is 31.2. The van der Waals surface area contributed by atoms with Crippen LogP contribution in [0.5, 0.6) is 5.75 Å². The van der Waals surface area contributed by atoms with Crippen LogP contribution in [0, 0.1) is 0 Å². The van der Waals surface area contributed by atoms with Crippen molar-refractivity contribution in [3.05, 3.63) is 77.9 Å². The molecule has 43 heavy (non-hydrogen) atoms. The number of hydrogen-bond acceptors (Lipinski definition) is 6. The topological polar surface area (TPSA) is 128 Å². The molecule has 0 atom stereocenters. The minimum absolute atomic E-state index is 0.0944. The van der Waals surface area contributed by atoms with Gasteiger partial charge < -0.3 is 30.3 Å². The number of halogens is 3. The number of carboxylic acid groups (broad SMARTS) is 1. The quantitative estimate of drug-likeness (QED) is 0.396. The predicted octanol–water partition coefficient (Wildman–Crippen LogP) is 3.28. The number of rotatable bonds is 6. The van der Waals surface area contributed by atoms with Crippen molar-refractivity contribution in [3.63, 3.8) is 0 Å². The number of piperidine rings is 1. The van der Waals surface area contributed by atoms with Crippen LogP contribution in [0.15, 0.2) is 66.7 Å². The second-order valence-corrected chi connectivity index (χ2v) is 10.1. The zero-order valence-corrected chi connectivity index (χ0v) is 23.3. The summed E-state index contributed by atoms with van der Waals surface area (Å²) < 4.78 is 37.0. The Morgan fingerprint density at radius 3 is 2.30 bits per heavy atom. The van der Waals surface area contributed by atoms with Gasteiger partial charge in [0.15, 0.2) is 0 Å². The van der Waals surface area contributed by atoms with E-state index < -0.39 is 17.7 Å². The first-order valence-corrected chi connectivity index (χ1v) is 13.5. The molecule has 13 heteroatoms. The second-order valence-electron chi connectivity index (χ2n) is 10.1. The minimum Gasteiger partial charge on any atom is -0.497 e. The maximum atomic E-state index is 13.3. The summed E-state index contributed by atoms with van der Waals surface area (Å²) in [5.41, 5.74) is 0.301. The molecule has 3 aromatic rings. The number of aliphatic carboxylic acids is 1. The fourth-order valence-electron chi connectivity index (χ4n) is 5.17. The normalized spacial score (nSPS) is 16.3. The van der Waals surface area contributed by atoms with Crippen LogP contribution in [-0.2, 0) is 9.59 Å². The van der Waals surface area contributed by atoms with Crippen molar-refractivity contribution in [3.8, 4) is 5.75 Å². The van der Waals surface area contributed by atoms with Gasteiger partial charge in [-0.2, -0.15) is 13.2 Å². The van der Waals surface area contributed by atoms with Crippen LogP contribution in [0.3, 0.4) is 0 Å². The first-order chi connectivity index (χ1) is 20.4. The van der Waals surface area contributed by atoms with Crippen molar-refractivity contribution in [1.82, 2.24) is 20.4 Å². The molecular weight excluding hydrogens is 569 g/mol. The van der Waals surface area contributed by atoms with Crippen molar-refractivity contribution < 1.29 is 42.2 Å². The minimum atomic E-state index is -5.08. The molecule has 5 rings (SSSR count). The number of carboxylic acids is 1. The van der Waals surface area contributed by atoms with Gasteiger partial charge in [0.05, 0.1) is 13.8 Å². The molecule has 2 saturated heterocycles. The molecule has 3 aromatic carbocycles. The van der Waals surface area contributed by atoms with Crippen molar-refractivity contribution in [2.24, 2.45) is 0 Å². The lowest BCUT2D eigenvalue weighted by Crippen LogP contribution is -2.58. The van der Waals surface area contributed by atoms with Gasteiger partial charge in [-0.25, -0.2) is 4.79 Å². The molecule has 0 aromatic heterocycles. The molecule has 0 unspecified atom stereocenters. The molecule has 0 bridgehead atoms. The maximum absolute atomic E-state index is 13.3. The molecule has 0 aliphatic carbocycles. The van der Waals surface area contributed by atoms with E-state index in [1.54, 1.807) is 36.3 Å². The van der Waals surface area contributed by atoms with E-state index in [1.807, 2.05) is 42.5 Å². The summed E-state index contributed by atoms with van der Waals surface area (Å²) in [7, 11) is 1.56. The molecule has 1 spiro atoms. The predicted molar refractivity (Wildman–Crippen MR) is 151 cm³/mol. The first kappa shape index (κ1) is 31.3. The number of benzene rings is 3. The lowest BCUT2D eigenvalue weighted by atomic mass is 9.85. The average Bonchev–Trinajstić information content (AvgIpc) is 3.31. The third kappa shape index (κ3) is 7.23. The summed E-state index contributed by atoms with van der Waals surface area (Å²) in [5.74, 6) is -2.52. The molecule has 3 amide bonds. The Morgan fingerprint density at radius 1 is 0.977 bits per heavy atom. The number of ether oxygens (including phenoxy) is 1. The fourth-order valence-corrected chi connectivity index (χ4v) is 5.17. The average molecular weight is 601 g/mol. The monoisotopic (exact) mass is 600 g/mol. The zero-order valence-electron chi connectivity index (χ0n) is 23.3. The Bertz CT molecular complexity index is 1500. The van der Waals surface area contributed by atoms with E-state index in [0.717, 1.165) is 10.8 Å². The standard InChI is InChI=1S/C28H30N4O4.C2HF3O2/c1-36-24-8-4-7-23(18-24)26(34)32-19-30-27(35)28(32)11-14-31(15-12-28)16-13-29-25(33)22-10-9-20-5-2-3-6-21(20)17-22;3-2(4,5)1(6)7/h2-10,17-18H,11-16,19H2,1H3,(H,29,33)(H,30,35);(H,6,7). The molecule has 228 valence electrons. The van der Waals surface area contributed by atoms with Crippen LogP contribution in [0.25, 0.3) is 10.8 Å². The third-order valence-electron chi connectivity index (χ3n) is 7.55. The van der Waals surface area contributed by atoms with Gasteiger partial charge in [-0.15, -0.1) is 0 Å². The van der Waals surface area contributed by atoms with E-state index in [1.165, 1.54) is 0 Å². The van der Waals surface area contributed by atoms with Crippen molar-refractivity contribution in [2.75, 3.05) is 40.0 Å². The van der Waals surface area contributed by atoms with Gasteiger partial charge in [-0.1, -0.05) is 36.4 Å². The highest BCUT2D eigenvalue weighted by molar-refractivity contribution is 6.01. The van der Waals surface area contributed by atoms with Crippen LogP contribution in [-0.4, -0.2) is 90.3 Å². The summed E-state index contributed by atoms with van der Waals surface area (Å²) in [5, 5.41) is 15.1. The van der Waals surface area contributed by atoms with E-state index >= 15 is 0 Å². The van der Waals surface area contributed by atoms with Crippen molar-refractivity contribution in [1.29, 1.82) is 0 Å². The van der Waals surface area contributed by atoms with Crippen LogP contribution in [0.1, 0.15) is 33.6 Å². The molecule has 2 aliphatic heterocycles. The molecule has 2 fully saturated rings. The van der Waals surface area contributed by atoms with Gasteiger partial charge in [-0.05, 0) is 53.9 Å². The van der Waals surface area contributed by atoms with E-state index in [-0.39, 0.29) is 24.4 Å². The van der Waals surface area contributed by atoms with E-state index in [0.29, 0.717) is 55.9 Å². The van der Waals surface area contributed by atoms with Crippen molar-refractivity contribution in [2.45, 2.75) is 24.6 Å². The number of amides is 3. The molecule has 0 radical (unpaired) electrons. The number of nitrogens with one attached hydrogen (secondary N) is 2. The highest BCUT2D eigenvalue weighted by Gasteiger charge is 2.52. The summed E-state index contributed by atoms with van der Waals surface area (Å²) >= 11 is 0. The fraction of sp³-hybridized carbons (Fsp3) is 0.333. The van der Waals surface area contributed by atoms with Crippen LogP contribution >= 0.6 is 0 Å². The molecular formula is C30H31F3N4O6. The number of alkyl halides is 3. The number of carbonyl (C=O) groups is 4. The number of hydrogen-bond donors (Lipinski definition) is 3. The van der Waals surface area contributed by atoms with Gasteiger partial charge in [0, 0.05) is 37.3 Å². The summed E-state index contributed by atoms with van der Waals surface area (Å²) in [4.78, 5) is 51.6. The molecule has 0 saturated carbocycles. The highest BCUT2D eigenvalue weighted by Crippen LogP contribution is 2.34. The molecule has 10 nitrogen and oxygen atoms in total. The van der Waals surface area contributed by atoms with Gasteiger partial charge in [0.25, 0.3) is 11.8 Å². The van der Waals surface area contributed by atoms with E-state index in [9.17, 15) is 27.6 Å². The van der Waals surface area contributed by atoms with Gasteiger partial charge in [0.1, 0.15) is 11.3 Å². The lowest BCUT2D eigenvalue weighted by Gasteiger charge is -2.42. The SMILES string of the molecule is COc1cccc(C(=O)N2CNC(=O)C23CCN(CCNC(=O)c2ccc4ccccc4c2)CC3)c1.O=C(O)C(F)(F)F. The number of fused-ring (bicyclic) bond motifs is 1. The van der Waals surface area contributed by atoms with Crippen LogP contribution in [0.2, 0.25) is 0 Å². The maximum Gasteiger partial charge on any atom is 0.490 e. The highest BCUT2D eigenvalue weighted by atomic mass is 19.4. The van der Waals surface area contributed by atoms with Crippen LogP contribution in [0.4, 0.5) is 13.2 Å². The number of carbonyl (C=O) groups excluding carboxylic acids is 3.